The van der Waals surface area contributed by atoms with Crippen molar-refractivity contribution < 1.29 is 9.47 Å². The van der Waals surface area contributed by atoms with Gasteiger partial charge >= 0.3 is 0 Å². The third-order valence-corrected chi connectivity index (χ3v) is 8.80. The Balaban J connectivity index is 1.52. The van der Waals surface area contributed by atoms with Crippen molar-refractivity contribution >= 4 is 26.1 Å². The molecule has 7 heteroatoms. The molecule has 5 nitrogen and oxygen atoms in total. The van der Waals surface area contributed by atoms with E-state index in [1.54, 1.807) is 0 Å². The van der Waals surface area contributed by atoms with Crippen LogP contribution in [0.15, 0.2) is 73.7 Å². The highest BCUT2D eigenvalue weighted by Gasteiger charge is 2.32. The van der Waals surface area contributed by atoms with Gasteiger partial charge in [-0.15, -0.1) is 0 Å². The summed E-state index contributed by atoms with van der Waals surface area (Å²) >= 11 is 1.82. The Hall–Kier alpha value is -1.64. The number of likely N-dealkylation sites (N-methyl/N-ethyl adjacent to an activating group) is 1. The van der Waals surface area contributed by atoms with Crippen LogP contribution >= 0.6 is 11.8 Å². The van der Waals surface area contributed by atoms with Crippen LogP contribution in [0, 0.1) is 0 Å². The fraction of sp³-hybridized carbons (Fsp3) is 0.500. The molecule has 0 aromatic heterocycles. The van der Waals surface area contributed by atoms with Crippen molar-refractivity contribution in [3.63, 3.8) is 0 Å². The number of nitrogens with zero attached hydrogens (tertiary/aromatic N) is 2. The first-order valence-electron chi connectivity index (χ1n) is 11.8. The van der Waals surface area contributed by atoms with Gasteiger partial charge in [-0.25, -0.2) is 0 Å². The van der Waals surface area contributed by atoms with Crippen LogP contribution in [-0.2, 0) is 9.47 Å². The van der Waals surface area contributed by atoms with Gasteiger partial charge in [0.25, 0.3) is 0 Å². The largest absolute Gasteiger partial charge is 0.379 e. The number of ether oxygens (including phenoxy) is 2. The SMILES string of the molecule is CN(C)CCOC(COCC[Si](C)(C)C)C1N=CC2=CC=CC3=C4SC=CC=C4CC3=C2N1. The van der Waals surface area contributed by atoms with Crippen LogP contribution in [0.1, 0.15) is 6.42 Å². The molecule has 1 N–H and O–H groups in total. The van der Waals surface area contributed by atoms with Crippen molar-refractivity contribution in [1.82, 2.24) is 10.2 Å². The molecule has 0 amide bonds. The molecular weight excluding hydrogens is 446 g/mol. The number of hydrogen-bond acceptors (Lipinski definition) is 6. The number of rotatable bonds is 10. The maximum Gasteiger partial charge on any atom is 0.147 e. The monoisotopic (exact) mass is 483 g/mol. The zero-order valence-corrected chi connectivity index (χ0v) is 22.4. The molecule has 2 aliphatic heterocycles. The van der Waals surface area contributed by atoms with E-state index in [1.807, 2.05) is 18.0 Å². The summed E-state index contributed by atoms with van der Waals surface area (Å²) in [6, 6.07) is 1.16. The number of thioether (sulfide) groups is 1. The van der Waals surface area contributed by atoms with Crippen LogP contribution in [-0.4, -0.2) is 71.9 Å². The summed E-state index contributed by atoms with van der Waals surface area (Å²) in [6.45, 7) is 10.0. The second-order valence-electron chi connectivity index (χ2n) is 10.4. The molecular formula is C26H37N3O2SSi. The Morgan fingerprint density at radius 2 is 2.06 bits per heavy atom. The van der Waals surface area contributed by atoms with Crippen LogP contribution < -0.4 is 5.32 Å². The smallest absolute Gasteiger partial charge is 0.147 e. The average molecular weight is 484 g/mol. The molecule has 2 heterocycles. The van der Waals surface area contributed by atoms with Gasteiger partial charge in [0, 0.05) is 50.0 Å². The van der Waals surface area contributed by atoms with Crippen LogP contribution in [0.4, 0.5) is 0 Å². The van der Waals surface area contributed by atoms with E-state index in [2.05, 4.69) is 79.7 Å². The quantitative estimate of drug-likeness (QED) is 0.354. The van der Waals surface area contributed by atoms with E-state index in [1.165, 1.54) is 27.3 Å². The van der Waals surface area contributed by atoms with Gasteiger partial charge in [-0.3, -0.25) is 4.99 Å². The topological polar surface area (TPSA) is 46.1 Å². The van der Waals surface area contributed by atoms with Gasteiger partial charge in [0.15, 0.2) is 0 Å². The fourth-order valence-corrected chi connectivity index (χ4v) is 5.78. The molecule has 0 aromatic rings. The number of allylic oxidation sites excluding steroid dienone is 9. The zero-order valence-electron chi connectivity index (χ0n) is 20.6. The Labute approximate surface area is 204 Å². The number of nitrogens with one attached hydrogen (secondary N) is 1. The Morgan fingerprint density at radius 3 is 2.85 bits per heavy atom. The molecule has 0 fully saturated rings. The van der Waals surface area contributed by atoms with Gasteiger partial charge in [0.2, 0.25) is 0 Å². The average Bonchev–Trinajstić information content (AvgIpc) is 3.03. The highest BCUT2D eigenvalue weighted by molar-refractivity contribution is 8.06. The second-order valence-corrected chi connectivity index (χ2v) is 16.9. The van der Waals surface area contributed by atoms with Gasteiger partial charge in [-0.2, -0.15) is 0 Å². The van der Waals surface area contributed by atoms with Crippen LogP contribution in [0.25, 0.3) is 0 Å². The van der Waals surface area contributed by atoms with Crippen molar-refractivity contribution in [3.8, 4) is 0 Å². The van der Waals surface area contributed by atoms with Crippen LogP contribution in [0.2, 0.25) is 25.7 Å². The van der Waals surface area contributed by atoms with E-state index in [4.69, 9.17) is 14.5 Å². The van der Waals surface area contributed by atoms with Crippen molar-refractivity contribution in [2.45, 2.75) is 44.4 Å². The summed E-state index contributed by atoms with van der Waals surface area (Å²) in [5.74, 6) is 0. The van der Waals surface area contributed by atoms with Crippen molar-refractivity contribution in [1.29, 1.82) is 0 Å². The Bertz CT molecular complexity index is 967. The summed E-state index contributed by atoms with van der Waals surface area (Å²) in [7, 11) is 3.01. The fourth-order valence-electron chi connectivity index (χ4n) is 4.13. The normalized spacial score (nSPS) is 22.5. The molecule has 0 saturated heterocycles. The molecule has 0 saturated carbocycles. The maximum atomic E-state index is 6.31. The van der Waals surface area contributed by atoms with E-state index in [0.29, 0.717) is 13.2 Å². The third kappa shape index (κ3) is 6.28. The maximum absolute atomic E-state index is 6.31. The van der Waals surface area contributed by atoms with Gasteiger partial charge in [0.1, 0.15) is 12.3 Å². The summed E-state index contributed by atoms with van der Waals surface area (Å²) in [4.78, 5) is 8.37. The predicted molar refractivity (Wildman–Crippen MR) is 143 cm³/mol. The summed E-state index contributed by atoms with van der Waals surface area (Å²) in [5.41, 5.74) is 6.41. The lowest BCUT2D eigenvalue weighted by atomic mass is 10.0. The summed E-state index contributed by atoms with van der Waals surface area (Å²) < 4.78 is 12.4. The molecule has 2 unspecified atom stereocenters. The highest BCUT2D eigenvalue weighted by Crippen LogP contribution is 2.47. The molecule has 178 valence electrons. The van der Waals surface area contributed by atoms with Gasteiger partial charge in [-0.05, 0) is 42.3 Å². The van der Waals surface area contributed by atoms with E-state index in [-0.39, 0.29) is 12.3 Å². The molecule has 2 aliphatic carbocycles. The van der Waals surface area contributed by atoms with Gasteiger partial charge in [0.05, 0.1) is 13.2 Å². The molecule has 2 atom stereocenters. The predicted octanol–water partition coefficient (Wildman–Crippen LogP) is 4.88. The van der Waals surface area contributed by atoms with Crippen molar-refractivity contribution in [3.05, 3.63) is 68.7 Å². The van der Waals surface area contributed by atoms with Crippen LogP contribution in [0.3, 0.4) is 0 Å². The lowest BCUT2D eigenvalue weighted by Gasteiger charge is -2.31. The first-order valence-corrected chi connectivity index (χ1v) is 16.4. The van der Waals surface area contributed by atoms with E-state index in [0.717, 1.165) is 31.2 Å². The standard InChI is InChI=1S/C26H37N3O2SSi/c1-29(2)11-12-31-23(18-30-13-15-33(3,4)5)26-27-17-20-8-6-10-21-22(24(20)28-26)16-19-9-7-14-32-25(19)21/h6-10,14,17,23,26,28H,11-13,15-16,18H2,1-5H3. The van der Waals surface area contributed by atoms with Gasteiger partial charge in [-0.1, -0.05) is 61.8 Å². The first-order chi connectivity index (χ1) is 15.8. The minimum Gasteiger partial charge on any atom is -0.379 e. The molecule has 0 spiro atoms. The highest BCUT2D eigenvalue weighted by atomic mass is 32.2. The first kappa shape index (κ1) is 24.5. The van der Waals surface area contributed by atoms with E-state index < -0.39 is 8.07 Å². The minimum absolute atomic E-state index is 0.135. The van der Waals surface area contributed by atoms with E-state index >= 15 is 0 Å². The number of hydrogen-bond donors (Lipinski definition) is 1. The Kier molecular flexibility index (Phi) is 7.97. The Morgan fingerprint density at radius 1 is 1.21 bits per heavy atom. The third-order valence-electron chi connectivity index (χ3n) is 6.09. The summed E-state index contributed by atoms with van der Waals surface area (Å²) in [5, 5.41) is 5.91. The molecule has 0 aromatic carbocycles. The molecule has 4 aliphatic rings. The zero-order chi connectivity index (χ0) is 23.4. The molecule has 4 rings (SSSR count). The molecule has 0 bridgehead atoms. The number of fused-ring (bicyclic) bond motifs is 3. The number of aliphatic imine (C=N–C) groups is 1. The van der Waals surface area contributed by atoms with Crippen LogP contribution in [0.5, 0.6) is 0 Å². The lowest BCUT2D eigenvalue weighted by molar-refractivity contribution is -0.0333. The van der Waals surface area contributed by atoms with Crippen molar-refractivity contribution in [2.24, 2.45) is 4.99 Å². The second kappa shape index (κ2) is 10.7. The van der Waals surface area contributed by atoms with E-state index in [9.17, 15) is 0 Å². The van der Waals surface area contributed by atoms with Gasteiger partial charge < -0.3 is 19.7 Å². The molecule has 0 radical (unpaired) electrons. The minimum atomic E-state index is -1.13. The lowest BCUT2D eigenvalue weighted by Crippen LogP contribution is -2.46. The summed E-state index contributed by atoms with van der Waals surface area (Å²) in [6.07, 6.45) is 13.6. The molecule has 33 heavy (non-hydrogen) atoms. The van der Waals surface area contributed by atoms with Crippen molar-refractivity contribution in [2.75, 3.05) is 40.5 Å².